The summed E-state index contributed by atoms with van der Waals surface area (Å²) in [5.41, 5.74) is 6.70. The Morgan fingerprint density at radius 1 is 1.32 bits per heavy atom. The Morgan fingerprint density at radius 3 is 2.63 bits per heavy atom. The molecule has 1 fully saturated rings. The fourth-order valence-corrected chi connectivity index (χ4v) is 4.19. The van der Waals surface area contributed by atoms with Gasteiger partial charge in [0.15, 0.2) is 0 Å². The van der Waals surface area contributed by atoms with Gasteiger partial charge in [0, 0.05) is 21.3 Å². The zero-order valence-corrected chi connectivity index (χ0v) is 13.6. The van der Waals surface area contributed by atoms with Crippen LogP contribution < -0.4 is 5.73 Å². The summed E-state index contributed by atoms with van der Waals surface area (Å²) in [5, 5.41) is 0. The molecule has 19 heavy (non-hydrogen) atoms. The first-order chi connectivity index (χ1) is 8.93. The van der Waals surface area contributed by atoms with Gasteiger partial charge in [-0.05, 0) is 58.7 Å². The molecule has 0 aromatic carbocycles. The Bertz CT molecular complexity index is 405. The largest absolute Gasteiger partial charge is 0.326 e. The smallest absolute Gasteiger partial charge is 0.0597 e. The lowest BCUT2D eigenvalue weighted by Gasteiger charge is -2.42. The predicted molar refractivity (Wildman–Crippen MR) is 84.7 cm³/mol. The molecule has 108 valence electrons. The summed E-state index contributed by atoms with van der Waals surface area (Å²) in [6, 6.07) is 5.24. The predicted octanol–water partition coefficient (Wildman–Crippen LogP) is 3.96. The Kier molecular flexibility index (Phi) is 4.70. The molecule has 2 atom stereocenters. The van der Waals surface area contributed by atoms with Gasteiger partial charge in [-0.2, -0.15) is 0 Å². The molecule has 2 N–H and O–H groups in total. The van der Waals surface area contributed by atoms with E-state index in [0.29, 0.717) is 6.04 Å². The molecule has 0 aliphatic carbocycles. The molecule has 0 saturated carbocycles. The molecule has 1 saturated heterocycles. The van der Waals surface area contributed by atoms with Crippen molar-refractivity contribution in [3.8, 4) is 0 Å². The van der Waals surface area contributed by atoms with E-state index in [4.69, 9.17) is 5.73 Å². The highest BCUT2D eigenvalue weighted by Crippen LogP contribution is 2.37. The standard InChI is InChI=1S/C16H28N2S/c1-5-12-9-10-14(19-12)15-13(17)8-6-7-11-18(15)16(2,3)4/h9-10,13,15H,5-8,11,17H2,1-4H3. The lowest BCUT2D eigenvalue weighted by molar-refractivity contribution is 0.0774. The highest BCUT2D eigenvalue weighted by Gasteiger charge is 2.35. The maximum absolute atomic E-state index is 6.51. The first kappa shape index (κ1) is 15.0. The average Bonchev–Trinajstić information content (AvgIpc) is 2.71. The summed E-state index contributed by atoms with van der Waals surface area (Å²) in [5.74, 6) is 0. The number of aryl methyl sites for hydroxylation is 1. The first-order valence-electron chi connectivity index (χ1n) is 7.54. The van der Waals surface area contributed by atoms with Gasteiger partial charge in [-0.1, -0.05) is 13.3 Å². The molecular formula is C16H28N2S. The summed E-state index contributed by atoms with van der Waals surface area (Å²) >= 11 is 1.95. The third-order valence-corrected chi connectivity index (χ3v) is 5.41. The zero-order chi connectivity index (χ0) is 14.0. The van der Waals surface area contributed by atoms with Crippen LogP contribution in [0, 0.1) is 0 Å². The summed E-state index contributed by atoms with van der Waals surface area (Å²) in [4.78, 5) is 5.55. The Labute approximate surface area is 122 Å². The first-order valence-corrected chi connectivity index (χ1v) is 8.36. The molecule has 0 spiro atoms. The average molecular weight is 280 g/mol. The number of rotatable bonds is 2. The maximum atomic E-state index is 6.51. The number of hydrogen-bond acceptors (Lipinski definition) is 3. The fourth-order valence-electron chi connectivity index (χ4n) is 3.05. The lowest BCUT2D eigenvalue weighted by atomic mass is 9.97. The van der Waals surface area contributed by atoms with Gasteiger partial charge < -0.3 is 5.73 Å². The van der Waals surface area contributed by atoms with E-state index in [9.17, 15) is 0 Å². The van der Waals surface area contributed by atoms with Gasteiger partial charge in [0.1, 0.15) is 0 Å². The number of nitrogens with zero attached hydrogens (tertiary/aromatic N) is 1. The van der Waals surface area contributed by atoms with Crippen molar-refractivity contribution in [2.75, 3.05) is 6.54 Å². The maximum Gasteiger partial charge on any atom is 0.0597 e. The van der Waals surface area contributed by atoms with E-state index in [1.807, 2.05) is 11.3 Å². The van der Waals surface area contributed by atoms with Crippen LogP contribution in [0.15, 0.2) is 12.1 Å². The van der Waals surface area contributed by atoms with Crippen LogP contribution in [0.25, 0.3) is 0 Å². The van der Waals surface area contributed by atoms with Gasteiger partial charge in [-0.3, -0.25) is 4.90 Å². The van der Waals surface area contributed by atoms with E-state index in [2.05, 4.69) is 44.7 Å². The lowest BCUT2D eigenvalue weighted by Crippen LogP contribution is -2.48. The van der Waals surface area contributed by atoms with Gasteiger partial charge in [0.25, 0.3) is 0 Å². The minimum atomic E-state index is 0.184. The van der Waals surface area contributed by atoms with Crippen LogP contribution >= 0.6 is 11.3 Å². The Balaban J connectivity index is 2.33. The van der Waals surface area contributed by atoms with Crippen LogP contribution in [0.2, 0.25) is 0 Å². The number of hydrogen-bond donors (Lipinski definition) is 1. The minimum absolute atomic E-state index is 0.184. The van der Waals surface area contributed by atoms with E-state index in [0.717, 1.165) is 12.8 Å². The normalized spacial score (nSPS) is 26.4. The van der Waals surface area contributed by atoms with Crippen molar-refractivity contribution in [2.24, 2.45) is 5.73 Å². The van der Waals surface area contributed by atoms with Crippen molar-refractivity contribution in [1.82, 2.24) is 4.90 Å². The molecule has 2 rings (SSSR count). The molecule has 1 aromatic rings. The number of nitrogens with two attached hydrogens (primary N) is 1. The highest BCUT2D eigenvalue weighted by molar-refractivity contribution is 7.12. The van der Waals surface area contributed by atoms with E-state index in [-0.39, 0.29) is 11.6 Å². The Morgan fingerprint density at radius 2 is 2.05 bits per heavy atom. The van der Waals surface area contributed by atoms with E-state index >= 15 is 0 Å². The summed E-state index contributed by atoms with van der Waals surface area (Å²) in [7, 11) is 0. The Hall–Kier alpha value is -0.380. The van der Waals surface area contributed by atoms with Gasteiger partial charge in [0.2, 0.25) is 0 Å². The van der Waals surface area contributed by atoms with E-state index in [1.165, 1.54) is 29.1 Å². The molecule has 1 aliphatic rings. The van der Waals surface area contributed by atoms with E-state index in [1.54, 1.807) is 0 Å². The van der Waals surface area contributed by atoms with Gasteiger partial charge >= 0.3 is 0 Å². The molecule has 1 aliphatic heterocycles. The minimum Gasteiger partial charge on any atom is -0.326 e. The van der Waals surface area contributed by atoms with Crippen molar-refractivity contribution in [1.29, 1.82) is 0 Å². The van der Waals surface area contributed by atoms with Crippen molar-refractivity contribution >= 4 is 11.3 Å². The third-order valence-electron chi connectivity index (χ3n) is 4.11. The van der Waals surface area contributed by atoms with Crippen LogP contribution in [0.1, 0.15) is 62.8 Å². The zero-order valence-electron chi connectivity index (χ0n) is 12.8. The van der Waals surface area contributed by atoms with Crippen LogP contribution in [0.5, 0.6) is 0 Å². The third kappa shape index (κ3) is 3.39. The summed E-state index contributed by atoms with van der Waals surface area (Å²) < 4.78 is 0. The highest BCUT2D eigenvalue weighted by atomic mass is 32.1. The molecule has 2 heterocycles. The topological polar surface area (TPSA) is 29.3 Å². The van der Waals surface area contributed by atoms with Gasteiger partial charge in [0.05, 0.1) is 6.04 Å². The van der Waals surface area contributed by atoms with Crippen molar-refractivity contribution in [2.45, 2.75) is 71.0 Å². The molecule has 2 nitrogen and oxygen atoms in total. The molecule has 0 bridgehead atoms. The second-order valence-corrected chi connectivity index (χ2v) is 7.83. The second-order valence-electron chi connectivity index (χ2n) is 6.63. The summed E-state index contributed by atoms with van der Waals surface area (Å²) in [6.07, 6.45) is 4.81. The fraction of sp³-hybridized carbons (Fsp3) is 0.750. The van der Waals surface area contributed by atoms with Gasteiger partial charge in [-0.15, -0.1) is 11.3 Å². The van der Waals surface area contributed by atoms with Crippen LogP contribution in [-0.2, 0) is 6.42 Å². The molecule has 2 unspecified atom stereocenters. The van der Waals surface area contributed by atoms with Crippen molar-refractivity contribution in [3.63, 3.8) is 0 Å². The molecular weight excluding hydrogens is 252 g/mol. The molecule has 3 heteroatoms. The van der Waals surface area contributed by atoms with Crippen LogP contribution in [0.3, 0.4) is 0 Å². The molecule has 0 amide bonds. The van der Waals surface area contributed by atoms with E-state index < -0.39 is 0 Å². The summed E-state index contributed by atoms with van der Waals surface area (Å²) in [6.45, 7) is 10.3. The molecule has 1 aromatic heterocycles. The van der Waals surface area contributed by atoms with Crippen LogP contribution in [-0.4, -0.2) is 23.0 Å². The number of likely N-dealkylation sites (tertiary alicyclic amines) is 1. The van der Waals surface area contributed by atoms with Crippen molar-refractivity contribution < 1.29 is 0 Å². The molecule has 0 radical (unpaired) electrons. The van der Waals surface area contributed by atoms with Crippen LogP contribution in [0.4, 0.5) is 0 Å². The second kappa shape index (κ2) is 5.94. The monoisotopic (exact) mass is 280 g/mol. The quantitative estimate of drug-likeness (QED) is 0.888. The number of thiophene rings is 1. The van der Waals surface area contributed by atoms with Gasteiger partial charge in [-0.25, -0.2) is 0 Å². The van der Waals surface area contributed by atoms with Crippen molar-refractivity contribution in [3.05, 3.63) is 21.9 Å². The SMILES string of the molecule is CCc1ccc(C2C(N)CCCCN2C(C)(C)C)s1.